The van der Waals surface area contributed by atoms with Crippen molar-refractivity contribution in [1.82, 2.24) is 25.1 Å². The van der Waals surface area contributed by atoms with Crippen LogP contribution >= 0.6 is 0 Å². The third-order valence-electron chi connectivity index (χ3n) is 8.18. The molecule has 4 aromatic rings. The molecule has 0 spiro atoms. The van der Waals surface area contributed by atoms with Gasteiger partial charge in [-0.1, -0.05) is 31.4 Å². The van der Waals surface area contributed by atoms with E-state index in [-0.39, 0.29) is 29.9 Å². The topological polar surface area (TPSA) is 149 Å². The van der Waals surface area contributed by atoms with Crippen molar-refractivity contribution in [2.75, 3.05) is 33.8 Å². The number of carbonyl (C=O) groups excluding carboxylic acids is 2. The van der Waals surface area contributed by atoms with Crippen LogP contribution in [0.25, 0.3) is 22.4 Å². The molecule has 1 fully saturated rings. The highest BCUT2D eigenvalue weighted by atomic mass is 32.2. The van der Waals surface area contributed by atoms with E-state index in [2.05, 4.69) is 20.1 Å². The molecule has 46 heavy (non-hydrogen) atoms. The van der Waals surface area contributed by atoms with Crippen molar-refractivity contribution in [3.05, 3.63) is 77.9 Å². The first-order valence-corrected chi connectivity index (χ1v) is 17.2. The highest BCUT2D eigenvalue weighted by Gasteiger charge is 2.23. The van der Waals surface area contributed by atoms with Gasteiger partial charge in [0.05, 0.1) is 15.9 Å². The number of primary sulfonamides is 1. The summed E-state index contributed by atoms with van der Waals surface area (Å²) >= 11 is 0. The Hall–Kier alpha value is -4.26. The largest absolute Gasteiger partial charge is 0.484 e. The Balaban J connectivity index is 1.30. The lowest BCUT2D eigenvalue weighted by Crippen LogP contribution is -2.31. The molecule has 2 amide bonds. The number of nitrogens with one attached hydrogen (secondary N) is 2. The maximum absolute atomic E-state index is 13.1. The predicted octanol–water partition coefficient (Wildman–Crippen LogP) is 4.23. The standard InChI is InChI=1S/C34H42N6O5S/c1-39(2)20-6-19-36-32(41)23-45-28-14-11-25(12-15-28)33-38-30-21-26(13-18-31(30)40(33)27-7-4-3-5-8-27)34(42)37-22-24-9-16-29(17-10-24)46(35,43)44/h9-18,21,27H,3-8,19-20,22-23H2,1-2H3,(H,36,41)(H,37,42)(H2,35,43,44). The molecule has 0 aliphatic heterocycles. The molecule has 244 valence electrons. The van der Waals surface area contributed by atoms with E-state index in [4.69, 9.17) is 14.9 Å². The van der Waals surface area contributed by atoms with Gasteiger partial charge in [0, 0.05) is 30.3 Å². The summed E-state index contributed by atoms with van der Waals surface area (Å²) in [5, 5.41) is 11.0. The van der Waals surface area contributed by atoms with Crippen molar-refractivity contribution in [1.29, 1.82) is 0 Å². The van der Waals surface area contributed by atoms with Crippen molar-refractivity contribution in [3.63, 3.8) is 0 Å². The van der Waals surface area contributed by atoms with E-state index in [1.165, 1.54) is 18.6 Å². The average Bonchev–Trinajstić information content (AvgIpc) is 3.44. The average molecular weight is 647 g/mol. The number of imidazole rings is 1. The van der Waals surface area contributed by atoms with Gasteiger partial charge in [-0.25, -0.2) is 18.5 Å². The second kappa shape index (κ2) is 14.9. The Labute approximate surface area is 270 Å². The van der Waals surface area contributed by atoms with E-state index in [0.29, 0.717) is 23.9 Å². The zero-order valence-electron chi connectivity index (χ0n) is 26.4. The van der Waals surface area contributed by atoms with E-state index in [9.17, 15) is 18.0 Å². The number of ether oxygens (including phenoxy) is 1. The van der Waals surface area contributed by atoms with E-state index in [1.54, 1.807) is 12.1 Å². The minimum atomic E-state index is -3.78. The molecule has 4 N–H and O–H groups in total. The number of amides is 2. The van der Waals surface area contributed by atoms with Gasteiger partial charge in [-0.3, -0.25) is 9.59 Å². The number of carbonyl (C=O) groups is 2. The zero-order valence-corrected chi connectivity index (χ0v) is 27.2. The minimum absolute atomic E-state index is 0.0219. The fourth-order valence-electron chi connectivity index (χ4n) is 5.76. The molecule has 1 aliphatic rings. The van der Waals surface area contributed by atoms with Crippen LogP contribution in [0, 0.1) is 0 Å². The van der Waals surface area contributed by atoms with E-state index >= 15 is 0 Å². The Kier molecular flexibility index (Phi) is 10.7. The summed E-state index contributed by atoms with van der Waals surface area (Å²) in [4.78, 5) is 32.4. The van der Waals surface area contributed by atoms with Crippen LogP contribution in [-0.4, -0.2) is 68.5 Å². The summed E-state index contributed by atoms with van der Waals surface area (Å²) in [6, 6.07) is 19.6. The highest BCUT2D eigenvalue weighted by molar-refractivity contribution is 7.89. The molecule has 12 heteroatoms. The van der Waals surface area contributed by atoms with Crippen LogP contribution < -0.4 is 20.5 Å². The van der Waals surface area contributed by atoms with Crippen molar-refractivity contribution in [3.8, 4) is 17.1 Å². The smallest absolute Gasteiger partial charge is 0.257 e. The van der Waals surface area contributed by atoms with Gasteiger partial charge in [0.1, 0.15) is 11.6 Å². The van der Waals surface area contributed by atoms with Crippen LogP contribution in [0.15, 0.2) is 71.6 Å². The molecule has 5 rings (SSSR count). The van der Waals surface area contributed by atoms with Crippen molar-refractivity contribution in [2.24, 2.45) is 5.14 Å². The van der Waals surface area contributed by atoms with Crippen LogP contribution in [0.2, 0.25) is 0 Å². The summed E-state index contributed by atoms with van der Waals surface area (Å²) in [6.07, 6.45) is 6.55. The first-order valence-electron chi connectivity index (χ1n) is 15.6. The van der Waals surface area contributed by atoms with Crippen LogP contribution in [-0.2, 0) is 21.4 Å². The third kappa shape index (κ3) is 8.51. The van der Waals surface area contributed by atoms with Crippen LogP contribution in [0.5, 0.6) is 5.75 Å². The zero-order chi connectivity index (χ0) is 32.7. The molecular weight excluding hydrogens is 604 g/mol. The summed E-state index contributed by atoms with van der Waals surface area (Å²) < 4.78 is 31.1. The van der Waals surface area contributed by atoms with E-state index in [1.807, 2.05) is 56.6 Å². The predicted molar refractivity (Wildman–Crippen MR) is 178 cm³/mol. The molecule has 1 aromatic heterocycles. The normalized spacial score (nSPS) is 14.0. The SMILES string of the molecule is CN(C)CCCNC(=O)COc1ccc(-c2nc3cc(C(=O)NCc4ccc(S(N)(=O)=O)cc4)ccc3n2C2CCCCC2)cc1. The van der Waals surface area contributed by atoms with Gasteiger partial charge >= 0.3 is 0 Å². The fourth-order valence-corrected chi connectivity index (χ4v) is 6.27. The van der Waals surface area contributed by atoms with E-state index in [0.717, 1.165) is 66.6 Å². The quantitative estimate of drug-likeness (QED) is 0.184. The maximum Gasteiger partial charge on any atom is 0.257 e. The van der Waals surface area contributed by atoms with Gasteiger partial charge in [0.15, 0.2) is 6.61 Å². The third-order valence-corrected chi connectivity index (χ3v) is 9.11. The van der Waals surface area contributed by atoms with Gasteiger partial charge in [-0.2, -0.15) is 0 Å². The summed E-state index contributed by atoms with van der Waals surface area (Å²) in [7, 11) is 0.228. The van der Waals surface area contributed by atoms with Crippen LogP contribution in [0.3, 0.4) is 0 Å². The number of rotatable bonds is 13. The lowest BCUT2D eigenvalue weighted by Gasteiger charge is -2.25. The van der Waals surface area contributed by atoms with Gasteiger partial charge in [-0.05, 0) is 100 Å². The lowest BCUT2D eigenvalue weighted by atomic mass is 9.94. The molecule has 1 heterocycles. The minimum Gasteiger partial charge on any atom is -0.484 e. The summed E-state index contributed by atoms with van der Waals surface area (Å²) in [5.41, 5.74) is 3.87. The number of nitrogens with zero attached hydrogens (tertiary/aromatic N) is 3. The number of fused-ring (bicyclic) bond motifs is 1. The highest BCUT2D eigenvalue weighted by Crippen LogP contribution is 2.36. The Bertz CT molecular complexity index is 1760. The van der Waals surface area contributed by atoms with Crippen molar-refractivity contribution in [2.45, 2.75) is 56.0 Å². The van der Waals surface area contributed by atoms with Gasteiger partial charge < -0.3 is 24.8 Å². The second-order valence-corrected chi connectivity index (χ2v) is 13.6. The second-order valence-electron chi connectivity index (χ2n) is 12.0. The lowest BCUT2D eigenvalue weighted by molar-refractivity contribution is -0.123. The molecule has 11 nitrogen and oxygen atoms in total. The molecule has 0 bridgehead atoms. The number of hydrogen-bond donors (Lipinski definition) is 3. The Morgan fingerprint density at radius 3 is 2.37 bits per heavy atom. The maximum atomic E-state index is 13.1. The first-order chi connectivity index (χ1) is 22.1. The molecule has 1 saturated carbocycles. The van der Waals surface area contributed by atoms with Crippen LogP contribution in [0.1, 0.15) is 60.5 Å². The van der Waals surface area contributed by atoms with Gasteiger partial charge in [0.2, 0.25) is 10.0 Å². The van der Waals surface area contributed by atoms with Gasteiger partial charge in [0.25, 0.3) is 11.8 Å². The molecule has 0 radical (unpaired) electrons. The molecule has 0 atom stereocenters. The number of aromatic nitrogens is 2. The summed E-state index contributed by atoms with van der Waals surface area (Å²) in [5.74, 6) is 1.03. The Morgan fingerprint density at radius 2 is 1.70 bits per heavy atom. The number of benzene rings is 3. The van der Waals surface area contributed by atoms with Crippen molar-refractivity contribution >= 4 is 32.9 Å². The van der Waals surface area contributed by atoms with Crippen molar-refractivity contribution < 1.29 is 22.7 Å². The monoisotopic (exact) mass is 646 g/mol. The number of hydrogen-bond acceptors (Lipinski definition) is 7. The Morgan fingerprint density at radius 1 is 0.978 bits per heavy atom. The first kappa shape index (κ1) is 33.1. The fraction of sp³-hybridized carbons (Fsp3) is 0.382. The number of nitrogens with two attached hydrogens (primary N) is 1. The summed E-state index contributed by atoms with van der Waals surface area (Å²) in [6.45, 7) is 1.70. The number of sulfonamides is 1. The van der Waals surface area contributed by atoms with Gasteiger partial charge in [-0.15, -0.1) is 0 Å². The van der Waals surface area contributed by atoms with Crippen LogP contribution in [0.4, 0.5) is 0 Å². The molecule has 3 aromatic carbocycles. The van der Waals surface area contributed by atoms with E-state index < -0.39 is 10.0 Å². The molecule has 0 unspecified atom stereocenters. The molecule has 0 saturated heterocycles. The molecular formula is C34H42N6O5S. The molecule has 1 aliphatic carbocycles.